The summed E-state index contributed by atoms with van der Waals surface area (Å²) in [5.41, 5.74) is 5.44. The molecule has 0 radical (unpaired) electrons. The average molecular weight is 366 g/mol. The van der Waals surface area contributed by atoms with Crippen LogP contribution in [0.25, 0.3) is 11.2 Å². The number of aliphatic hydroxyl groups is 3. The van der Waals surface area contributed by atoms with Gasteiger partial charge in [0.15, 0.2) is 17.4 Å². The second kappa shape index (κ2) is 6.50. The Labute approximate surface area is 148 Å². The Morgan fingerprint density at radius 3 is 2.58 bits per heavy atom. The molecule has 2 aliphatic rings. The molecule has 0 unspecified atom stereocenters. The molecule has 2 aliphatic heterocycles. The van der Waals surface area contributed by atoms with Gasteiger partial charge in [-0.1, -0.05) is 0 Å². The number of imidazole rings is 1. The number of hydrogen-bond acceptors (Lipinski definition) is 9. The first-order valence-electron chi connectivity index (χ1n) is 8.66. The number of nitrogens with two attached hydrogens (primary N) is 1. The Hall–Kier alpha value is -2.21. The van der Waals surface area contributed by atoms with Crippen LogP contribution in [-0.2, 0) is 4.74 Å². The molecular weight excluding hydrogens is 344 g/mol. The smallest absolute Gasteiger partial charge is 0.280 e. The number of H-pyrrole nitrogens is 1. The van der Waals surface area contributed by atoms with Crippen LogP contribution in [0.5, 0.6) is 0 Å². The molecule has 0 aliphatic carbocycles. The van der Waals surface area contributed by atoms with Crippen molar-refractivity contribution in [3.63, 3.8) is 0 Å². The Kier molecular flexibility index (Phi) is 4.31. The second-order valence-electron chi connectivity index (χ2n) is 6.68. The lowest BCUT2D eigenvalue weighted by Crippen LogP contribution is -2.35. The molecule has 2 aromatic rings. The van der Waals surface area contributed by atoms with Crippen molar-refractivity contribution in [1.82, 2.24) is 19.5 Å². The summed E-state index contributed by atoms with van der Waals surface area (Å²) in [5, 5.41) is 29.9. The summed E-state index contributed by atoms with van der Waals surface area (Å²) in [6.45, 7) is 1.04. The highest BCUT2D eigenvalue weighted by atomic mass is 16.6. The summed E-state index contributed by atoms with van der Waals surface area (Å²) in [5.74, 6) is 0.346. The van der Waals surface area contributed by atoms with Gasteiger partial charge in [0.05, 0.1) is 6.61 Å². The molecule has 6 N–H and O–H groups in total. The van der Waals surface area contributed by atoms with Gasteiger partial charge in [0.1, 0.15) is 18.3 Å². The molecule has 4 heterocycles. The predicted octanol–water partition coefficient (Wildman–Crippen LogP) is -1.70. The third-order valence-corrected chi connectivity index (χ3v) is 4.96. The largest absolute Gasteiger partial charge is 0.394 e. The van der Waals surface area contributed by atoms with Crippen molar-refractivity contribution in [2.45, 2.75) is 43.8 Å². The lowest BCUT2D eigenvalue weighted by molar-refractivity contribution is -0.0504. The van der Waals surface area contributed by atoms with E-state index >= 15 is 0 Å². The molecule has 11 heteroatoms. The Bertz CT molecular complexity index is 860. The van der Waals surface area contributed by atoms with Crippen LogP contribution < -0.4 is 16.2 Å². The maximum absolute atomic E-state index is 12.3. The number of hydrogen-bond donors (Lipinski definition) is 5. The van der Waals surface area contributed by atoms with Gasteiger partial charge in [-0.25, -0.2) is 4.98 Å². The fourth-order valence-corrected chi connectivity index (χ4v) is 3.63. The van der Waals surface area contributed by atoms with Crippen molar-refractivity contribution >= 4 is 23.1 Å². The number of aromatic amines is 1. The molecule has 0 saturated carbocycles. The third kappa shape index (κ3) is 2.63. The zero-order valence-corrected chi connectivity index (χ0v) is 14.1. The van der Waals surface area contributed by atoms with E-state index in [1.54, 1.807) is 0 Å². The van der Waals surface area contributed by atoms with Crippen LogP contribution in [0.15, 0.2) is 4.79 Å². The van der Waals surface area contributed by atoms with E-state index in [1.807, 2.05) is 4.90 Å². The highest BCUT2D eigenvalue weighted by Crippen LogP contribution is 2.35. The Morgan fingerprint density at radius 2 is 1.92 bits per heavy atom. The zero-order chi connectivity index (χ0) is 18.4. The minimum atomic E-state index is -1.31. The molecular formula is C15H22N6O5. The van der Waals surface area contributed by atoms with Gasteiger partial charge in [0.2, 0.25) is 11.9 Å². The fourth-order valence-electron chi connectivity index (χ4n) is 3.63. The number of rotatable bonds is 3. The zero-order valence-electron chi connectivity index (χ0n) is 14.1. The highest BCUT2D eigenvalue weighted by molar-refractivity contribution is 5.75. The van der Waals surface area contributed by atoms with Crippen LogP contribution in [0.1, 0.15) is 25.5 Å². The number of nitrogen functional groups attached to an aromatic ring is 1. The highest BCUT2D eigenvalue weighted by Gasteiger charge is 2.45. The van der Waals surface area contributed by atoms with Crippen LogP contribution in [0.3, 0.4) is 0 Å². The molecule has 0 aromatic carbocycles. The second-order valence-corrected chi connectivity index (χ2v) is 6.68. The molecule has 0 amide bonds. The average Bonchev–Trinajstić information content (AvgIpc) is 3.14. The van der Waals surface area contributed by atoms with Crippen molar-refractivity contribution in [3.8, 4) is 0 Å². The molecule has 142 valence electrons. The van der Waals surface area contributed by atoms with Crippen molar-refractivity contribution in [2.75, 3.05) is 30.3 Å². The predicted molar refractivity (Wildman–Crippen MR) is 91.6 cm³/mol. The van der Waals surface area contributed by atoms with Gasteiger partial charge in [-0.2, -0.15) is 4.98 Å². The molecule has 4 atom stereocenters. The number of nitrogens with zero attached hydrogens (tertiary/aromatic N) is 4. The van der Waals surface area contributed by atoms with Gasteiger partial charge in [0.25, 0.3) is 5.56 Å². The maximum atomic E-state index is 12.3. The van der Waals surface area contributed by atoms with Crippen molar-refractivity contribution < 1.29 is 20.1 Å². The number of fused-ring (bicyclic) bond motifs is 1. The van der Waals surface area contributed by atoms with Crippen molar-refractivity contribution in [3.05, 3.63) is 10.4 Å². The minimum Gasteiger partial charge on any atom is -0.394 e. The van der Waals surface area contributed by atoms with Gasteiger partial charge >= 0.3 is 0 Å². The van der Waals surface area contributed by atoms with Crippen LogP contribution >= 0.6 is 0 Å². The Balaban J connectivity index is 1.89. The van der Waals surface area contributed by atoms with E-state index in [9.17, 15) is 20.1 Å². The van der Waals surface area contributed by atoms with E-state index in [2.05, 4.69) is 15.0 Å². The monoisotopic (exact) mass is 366 g/mol. The standard InChI is InChI=1S/C15H22N6O5/c16-14-18-11-8(12(25)19-14)17-15(20-4-2-1-3-5-20)21(11)13-10(24)9(23)7(6-22)26-13/h7,9-10,13,22-24H,1-6H2,(H3,16,18,19,25)/t7-,9+,10-,13-/m0/s1. The van der Waals surface area contributed by atoms with Gasteiger partial charge < -0.3 is 30.7 Å². The van der Waals surface area contributed by atoms with Crippen LogP contribution in [0, 0.1) is 0 Å². The first-order valence-corrected chi connectivity index (χ1v) is 8.66. The Morgan fingerprint density at radius 1 is 1.19 bits per heavy atom. The SMILES string of the molecule is Nc1nc2c(nc(N3CCCCC3)n2[C@H]2O[C@@H](CO)[C@@H](O)[C@@H]2O)c(=O)[nH]1. The molecule has 0 bridgehead atoms. The molecule has 2 aromatic heterocycles. The van der Waals surface area contributed by atoms with E-state index in [1.165, 1.54) is 4.57 Å². The van der Waals surface area contributed by atoms with Gasteiger partial charge in [-0.15, -0.1) is 0 Å². The van der Waals surface area contributed by atoms with Gasteiger partial charge in [-0.05, 0) is 19.3 Å². The van der Waals surface area contributed by atoms with E-state index < -0.39 is 36.7 Å². The van der Waals surface area contributed by atoms with Crippen LogP contribution in [0.4, 0.5) is 11.9 Å². The van der Waals surface area contributed by atoms with Crippen LogP contribution in [0.2, 0.25) is 0 Å². The third-order valence-electron chi connectivity index (χ3n) is 4.96. The fraction of sp³-hybridized carbons (Fsp3) is 0.667. The van der Waals surface area contributed by atoms with E-state index in [4.69, 9.17) is 10.5 Å². The molecule has 11 nitrogen and oxygen atoms in total. The molecule has 26 heavy (non-hydrogen) atoms. The topological polar surface area (TPSA) is 163 Å². The number of anilines is 2. The molecule has 2 saturated heterocycles. The summed E-state index contributed by atoms with van der Waals surface area (Å²) in [4.78, 5) is 25.3. The molecule has 0 spiro atoms. The number of aromatic nitrogens is 4. The first-order chi connectivity index (χ1) is 12.5. The molecule has 4 rings (SSSR count). The number of piperidine rings is 1. The number of ether oxygens (including phenoxy) is 1. The summed E-state index contributed by atoms with van der Waals surface area (Å²) < 4.78 is 7.15. The summed E-state index contributed by atoms with van der Waals surface area (Å²) >= 11 is 0. The quantitative estimate of drug-likeness (QED) is 0.426. The van der Waals surface area contributed by atoms with E-state index in [0.29, 0.717) is 5.95 Å². The van der Waals surface area contributed by atoms with Gasteiger partial charge in [0, 0.05) is 13.1 Å². The van der Waals surface area contributed by atoms with Crippen molar-refractivity contribution in [1.29, 1.82) is 0 Å². The minimum absolute atomic E-state index is 0.0810. The molecule has 2 fully saturated rings. The lowest BCUT2D eigenvalue weighted by Gasteiger charge is -2.30. The normalized spacial score (nSPS) is 29.6. The van der Waals surface area contributed by atoms with Crippen LogP contribution in [-0.4, -0.2) is 72.8 Å². The van der Waals surface area contributed by atoms with E-state index in [-0.39, 0.29) is 17.1 Å². The summed E-state index contributed by atoms with van der Waals surface area (Å²) in [7, 11) is 0. The van der Waals surface area contributed by atoms with E-state index in [0.717, 1.165) is 32.4 Å². The van der Waals surface area contributed by atoms with Crippen molar-refractivity contribution in [2.24, 2.45) is 0 Å². The van der Waals surface area contributed by atoms with Gasteiger partial charge in [-0.3, -0.25) is 14.3 Å². The summed E-state index contributed by atoms with van der Waals surface area (Å²) in [6, 6.07) is 0. The first kappa shape index (κ1) is 17.2. The number of nitrogens with one attached hydrogen (secondary N) is 1. The lowest BCUT2D eigenvalue weighted by atomic mass is 10.1. The number of aliphatic hydroxyl groups excluding tert-OH is 3. The summed E-state index contributed by atoms with van der Waals surface area (Å²) in [6.07, 6.45) is -1.50. The maximum Gasteiger partial charge on any atom is 0.280 e.